The lowest BCUT2D eigenvalue weighted by Crippen LogP contribution is -2.17. The summed E-state index contributed by atoms with van der Waals surface area (Å²) in [6.07, 6.45) is 1.86. The molecule has 0 bridgehead atoms. The van der Waals surface area contributed by atoms with Crippen LogP contribution >= 0.6 is 11.5 Å². The second-order valence-corrected chi connectivity index (χ2v) is 7.40. The van der Waals surface area contributed by atoms with Gasteiger partial charge in [0.25, 0.3) is 0 Å². The number of benzene rings is 2. The summed E-state index contributed by atoms with van der Waals surface area (Å²) in [5.74, 6) is 0.781. The molecule has 5 nitrogen and oxygen atoms in total. The van der Waals surface area contributed by atoms with Gasteiger partial charge in [-0.1, -0.05) is 42.5 Å². The standard InChI is InChI=1S/C22H22N4OS/c1-15-18(17-6-3-2-4-7-17)8-5-9-19(15)25-22-21-20(28-26-22)12-16(14-24-21)13-23-10-11-27/h2-9,12,14,23,27H,10-11,13H2,1H3,(H,25,26). The van der Waals surface area contributed by atoms with Crippen LogP contribution < -0.4 is 10.6 Å². The van der Waals surface area contributed by atoms with E-state index < -0.39 is 0 Å². The zero-order valence-corrected chi connectivity index (χ0v) is 16.5. The maximum Gasteiger partial charge on any atom is 0.170 e. The number of aliphatic hydroxyl groups is 1. The Kier molecular flexibility index (Phi) is 5.62. The van der Waals surface area contributed by atoms with Crippen molar-refractivity contribution in [2.24, 2.45) is 0 Å². The van der Waals surface area contributed by atoms with Gasteiger partial charge >= 0.3 is 0 Å². The molecular weight excluding hydrogens is 368 g/mol. The first-order chi connectivity index (χ1) is 13.8. The molecule has 0 aliphatic heterocycles. The monoisotopic (exact) mass is 390 g/mol. The molecule has 0 spiro atoms. The smallest absolute Gasteiger partial charge is 0.170 e. The number of hydrogen-bond acceptors (Lipinski definition) is 6. The number of rotatable bonds is 7. The van der Waals surface area contributed by atoms with Crippen molar-refractivity contribution in [2.75, 3.05) is 18.5 Å². The predicted octanol–water partition coefficient (Wildman–Crippen LogP) is 4.49. The molecule has 0 fully saturated rings. The predicted molar refractivity (Wildman–Crippen MR) is 116 cm³/mol. The van der Waals surface area contributed by atoms with Crippen molar-refractivity contribution >= 4 is 33.3 Å². The SMILES string of the molecule is Cc1c(Nc2nsc3cc(CNCCO)cnc23)cccc1-c1ccccc1. The first kappa shape index (κ1) is 18.6. The van der Waals surface area contributed by atoms with E-state index in [-0.39, 0.29) is 6.61 Å². The first-order valence-electron chi connectivity index (χ1n) is 9.24. The van der Waals surface area contributed by atoms with Crippen molar-refractivity contribution in [3.05, 3.63) is 71.9 Å². The average Bonchev–Trinajstić information content (AvgIpc) is 3.12. The van der Waals surface area contributed by atoms with Gasteiger partial charge in [0.05, 0.1) is 11.3 Å². The molecule has 142 valence electrons. The van der Waals surface area contributed by atoms with Gasteiger partial charge in [-0.3, -0.25) is 4.98 Å². The third-order valence-corrected chi connectivity index (χ3v) is 5.44. The Morgan fingerprint density at radius 3 is 2.75 bits per heavy atom. The minimum absolute atomic E-state index is 0.131. The van der Waals surface area contributed by atoms with Gasteiger partial charge in [0, 0.05) is 25.0 Å². The van der Waals surface area contributed by atoms with E-state index in [0.29, 0.717) is 13.1 Å². The second kappa shape index (κ2) is 8.48. The summed E-state index contributed by atoms with van der Waals surface area (Å²) in [5, 5.41) is 15.5. The van der Waals surface area contributed by atoms with Crippen LogP contribution in [-0.2, 0) is 6.54 Å². The summed E-state index contributed by atoms with van der Waals surface area (Å²) in [7, 11) is 0. The molecule has 0 aliphatic carbocycles. The van der Waals surface area contributed by atoms with Gasteiger partial charge in [0.1, 0.15) is 5.52 Å². The molecule has 6 heteroatoms. The molecule has 0 radical (unpaired) electrons. The molecule has 2 aromatic carbocycles. The van der Waals surface area contributed by atoms with Crippen LogP contribution in [0.1, 0.15) is 11.1 Å². The summed E-state index contributed by atoms with van der Waals surface area (Å²) >= 11 is 1.44. The van der Waals surface area contributed by atoms with Gasteiger partial charge < -0.3 is 15.7 Å². The second-order valence-electron chi connectivity index (χ2n) is 6.59. The number of nitrogens with zero attached hydrogens (tertiary/aromatic N) is 2. The van der Waals surface area contributed by atoms with Crippen molar-refractivity contribution in [3.8, 4) is 11.1 Å². The fraction of sp³-hybridized carbons (Fsp3) is 0.182. The highest BCUT2D eigenvalue weighted by Crippen LogP contribution is 2.33. The number of hydrogen-bond donors (Lipinski definition) is 3. The van der Waals surface area contributed by atoms with E-state index in [0.717, 1.165) is 27.3 Å². The minimum atomic E-state index is 0.131. The molecule has 0 saturated carbocycles. The van der Waals surface area contributed by atoms with Gasteiger partial charge in [0.2, 0.25) is 0 Å². The lowest BCUT2D eigenvalue weighted by Gasteiger charge is -2.12. The highest BCUT2D eigenvalue weighted by molar-refractivity contribution is 7.13. The van der Waals surface area contributed by atoms with Crippen LogP contribution in [0.2, 0.25) is 0 Å². The van der Waals surface area contributed by atoms with Crippen LogP contribution in [0.3, 0.4) is 0 Å². The van der Waals surface area contributed by atoms with E-state index in [9.17, 15) is 0 Å². The van der Waals surface area contributed by atoms with Crippen LogP contribution in [0, 0.1) is 6.92 Å². The molecule has 0 unspecified atom stereocenters. The van der Waals surface area contributed by atoms with E-state index in [2.05, 4.69) is 75.4 Å². The summed E-state index contributed by atoms with van der Waals surface area (Å²) in [6.45, 7) is 3.51. The zero-order valence-electron chi connectivity index (χ0n) is 15.6. The van der Waals surface area contributed by atoms with E-state index in [1.54, 1.807) is 0 Å². The Labute approximate surface area is 168 Å². The number of aliphatic hydroxyl groups excluding tert-OH is 1. The maximum absolute atomic E-state index is 8.88. The van der Waals surface area contributed by atoms with Crippen molar-refractivity contribution in [3.63, 3.8) is 0 Å². The van der Waals surface area contributed by atoms with Gasteiger partial charge in [-0.25, -0.2) is 0 Å². The van der Waals surface area contributed by atoms with Crippen LogP contribution in [0.5, 0.6) is 0 Å². The third kappa shape index (κ3) is 3.89. The maximum atomic E-state index is 8.88. The topological polar surface area (TPSA) is 70.1 Å². The Morgan fingerprint density at radius 2 is 1.93 bits per heavy atom. The van der Waals surface area contributed by atoms with E-state index in [1.807, 2.05) is 12.3 Å². The van der Waals surface area contributed by atoms with Crippen molar-refractivity contribution < 1.29 is 5.11 Å². The van der Waals surface area contributed by atoms with E-state index in [1.165, 1.54) is 28.2 Å². The molecule has 0 atom stereocenters. The number of pyridine rings is 1. The fourth-order valence-electron chi connectivity index (χ4n) is 3.19. The van der Waals surface area contributed by atoms with Gasteiger partial charge in [-0.2, -0.15) is 4.37 Å². The van der Waals surface area contributed by atoms with Crippen LogP contribution in [-0.4, -0.2) is 27.6 Å². The lowest BCUT2D eigenvalue weighted by molar-refractivity contribution is 0.292. The molecule has 4 aromatic rings. The molecule has 4 rings (SSSR count). The number of nitrogens with one attached hydrogen (secondary N) is 2. The highest BCUT2D eigenvalue weighted by Gasteiger charge is 2.12. The van der Waals surface area contributed by atoms with Crippen molar-refractivity contribution in [1.29, 1.82) is 0 Å². The zero-order chi connectivity index (χ0) is 19.3. The normalized spacial score (nSPS) is 11.1. The van der Waals surface area contributed by atoms with Crippen LogP contribution in [0.25, 0.3) is 21.3 Å². The molecular formula is C22H22N4OS. The number of anilines is 2. The molecule has 2 heterocycles. The Balaban J connectivity index is 1.60. The summed E-state index contributed by atoms with van der Waals surface area (Å²) in [6, 6.07) is 18.8. The molecule has 2 aromatic heterocycles. The molecule has 28 heavy (non-hydrogen) atoms. The Morgan fingerprint density at radius 1 is 1.07 bits per heavy atom. The Bertz CT molecular complexity index is 1080. The van der Waals surface area contributed by atoms with E-state index in [4.69, 9.17) is 5.11 Å². The Hall–Kier alpha value is -2.80. The quantitative estimate of drug-likeness (QED) is 0.406. The van der Waals surface area contributed by atoms with Gasteiger partial charge in [0.15, 0.2) is 5.82 Å². The third-order valence-electron chi connectivity index (χ3n) is 4.66. The van der Waals surface area contributed by atoms with Crippen molar-refractivity contribution in [2.45, 2.75) is 13.5 Å². The van der Waals surface area contributed by atoms with Crippen LogP contribution in [0.15, 0.2) is 60.8 Å². The molecule has 3 N–H and O–H groups in total. The van der Waals surface area contributed by atoms with Crippen LogP contribution in [0.4, 0.5) is 11.5 Å². The first-order valence-corrected chi connectivity index (χ1v) is 10.0. The highest BCUT2D eigenvalue weighted by atomic mass is 32.1. The van der Waals surface area contributed by atoms with Gasteiger partial charge in [-0.05, 0) is 52.8 Å². The molecule has 0 aliphatic rings. The fourth-order valence-corrected chi connectivity index (χ4v) is 3.95. The number of aromatic nitrogens is 2. The number of fused-ring (bicyclic) bond motifs is 1. The summed E-state index contributed by atoms with van der Waals surface area (Å²) < 4.78 is 5.62. The largest absolute Gasteiger partial charge is 0.395 e. The molecule has 0 saturated heterocycles. The molecule has 0 amide bonds. The summed E-state index contributed by atoms with van der Waals surface area (Å²) in [5.41, 5.74) is 6.57. The van der Waals surface area contributed by atoms with Crippen molar-refractivity contribution in [1.82, 2.24) is 14.7 Å². The lowest BCUT2D eigenvalue weighted by atomic mass is 9.99. The average molecular weight is 391 g/mol. The van der Waals surface area contributed by atoms with E-state index >= 15 is 0 Å². The minimum Gasteiger partial charge on any atom is -0.395 e. The summed E-state index contributed by atoms with van der Waals surface area (Å²) in [4.78, 5) is 4.61. The van der Waals surface area contributed by atoms with Gasteiger partial charge in [-0.15, -0.1) is 0 Å².